The van der Waals surface area contributed by atoms with Crippen LogP contribution in [0, 0.1) is 6.92 Å². The molecule has 8 heteroatoms. The van der Waals surface area contributed by atoms with Crippen molar-refractivity contribution >= 4 is 40.8 Å². The second-order valence-electron chi connectivity index (χ2n) is 5.78. The number of nitrogens with zero attached hydrogens (tertiary/aromatic N) is 3. The lowest BCUT2D eigenvalue weighted by Gasteiger charge is -2.08. The molecule has 0 radical (unpaired) electrons. The van der Waals surface area contributed by atoms with Gasteiger partial charge in [-0.25, -0.2) is 4.68 Å². The van der Waals surface area contributed by atoms with Gasteiger partial charge in [-0.1, -0.05) is 41.9 Å². The van der Waals surface area contributed by atoms with E-state index in [4.69, 9.17) is 23.8 Å². The molecular formula is C19H18ClN5OS. The quantitative estimate of drug-likeness (QED) is 0.400. The molecule has 0 saturated carbocycles. The predicted molar refractivity (Wildman–Crippen MR) is 114 cm³/mol. The normalized spacial score (nSPS) is 10.9. The highest BCUT2D eigenvalue weighted by Gasteiger charge is 2.14. The Bertz CT molecular complexity index is 1060. The Hall–Kier alpha value is -2.90. The van der Waals surface area contributed by atoms with Gasteiger partial charge >= 0.3 is 0 Å². The summed E-state index contributed by atoms with van der Waals surface area (Å²) < 4.78 is 3.39. The Morgan fingerprint density at radius 2 is 1.81 bits per heavy atom. The number of thiocarbonyl (C=S) groups is 1. The van der Waals surface area contributed by atoms with Crippen LogP contribution in [0.1, 0.15) is 11.3 Å². The maximum absolute atomic E-state index is 12.8. The minimum absolute atomic E-state index is 0.156. The van der Waals surface area contributed by atoms with Crippen LogP contribution in [0.15, 0.2) is 64.5 Å². The van der Waals surface area contributed by atoms with Crippen LogP contribution in [0.3, 0.4) is 0 Å². The van der Waals surface area contributed by atoms with Crippen molar-refractivity contribution in [3.8, 4) is 5.69 Å². The molecule has 0 atom stereocenters. The van der Waals surface area contributed by atoms with Crippen molar-refractivity contribution < 1.29 is 0 Å². The summed E-state index contributed by atoms with van der Waals surface area (Å²) in [5.74, 6) is 0. The minimum Gasteiger partial charge on any atom is -0.330 e. The predicted octanol–water partition coefficient (Wildman–Crippen LogP) is 3.46. The summed E-state index contributed by atoms with van der Waals surface area (Å²) in [7, 11) is 1.83. The van der Waals surface area contributed by atoms with Gasteiger partial charge in [0.25, 0.3) is 5.56 Å². The molecule has 2 N–H and O–H groups in total. The van der Waals surface area contributed by atoms with E-state index in [1.807, 2.05) is 56.4 Å². The summed E-state index contributed by atoms with van der Waals surface area (Å²) in [6.07, 6.45) is 1.47. The number of aromatic nitrogens is 2. The molecule has 138 valence electrons. The number of benzene rings is 2. The number of rotatable bonds is 4. The van der Waals surface area contributed by atoms with Gasteiger partial charge in [0.2, 0.25) is 0 Å². The zero-order chi connectivity index (χ0) is 19.4. The van der Waals surface area contributed by atoms with Gasteiger partial charge in [-0.15, -0.1) is 0 Å². The number of hydrogen-bond acceptors (Lipinski definition) is 3. The number of hydrazone groups is 1. The van der Waals surface area contributed by atoms with Crippen molar-refractivity contribution in [2.45, 2.75) is 6.92 Å². The average Bonchev–Trinajstić information content (AvgIpc) is 2.87. The molecule has 0 bridgehead atoms. The van der Waals surface area contributed by atoms with Crippen molar-refractivity contribution in [1.29, 1.82) is 0 Å². The molecule has 0 amide bonds. The summed E-state index contributed by atoms with van der Waals surface area (Å²) in [5.41, 5.74) is 5.28. The lowest BCUT2D eigenvalue weighted by Crippen LogP contribution is -2.25. The van der Waals surface area contributed by atoms with Crippen molar-refractivity contribution in [3.63, 3.8) is 0 Å². The topological polar surface area (TPSA) is 63.4 Å². The van der Waals surface area contributed by atoms with E-state index in [-0.39, 0.29) is 10.7 Å². The molecule has 27 heavy (non-hydrogen) atoms. The molecule has 6 nitrogen and oxygen atoms in total. The van der Waals surface area contributed by atoms with E-state index < -0.39 is 0 Å². The average molecular weight is 400 g/mol. The van der Waals surface area contributed by atoms with Crippen molar-refractivity contribution in [3.05, 3.63) is 81.2 Å². The molecule has 3 rings (SSSR count). The van der Waals surface area contributed by atoms with Gasteiger partial charge in [-0.05, 0) is 43.4 Å². The van der Waals surface area contributed by atoms with E-state index in [0.29, 0.717) is 16.3 Å². The summed E-state index contributed by atoms with van der Waals surface area (Å²) in [5, 5.41) is 7.87. The Balaban J connectivity index is 1.77. The fraction of sp³-hybridized carbons (Fsp3) is 0.105. The largest absolute Gasteiger partial charge is 0.330 e. The van der Waals surface area contributed by atoms with Crippen molar-refractivity contribution in [1.82, 2.24) is 14.8 Å². The lowest BCUT2D eigenvalue weighted by atomic mass is 10.3. The maximum Gasteiger partial charge on any atom is 0.280 e. The molecule has 0 saturated heterocycles. The van der Waals surface area contributed by atoms with Gasteiger partial charge in [0.1, 0.15) is 0 Å². The zero-order valence-electron chi connectivity index (χ0n) is 14.8. The van der Waals surface area contributed by atoms with Crippen LogP contribution in [0.25, 0.3) is 5.69 Å². The lowest BCUT2D eigenvalue weighted by molar-refractivity contribution is 0.630. The molecule has 3 aromatic rings. The van der Waals surface area contributed by atoms with E-state index in [1.165, 1.54) is 6.21 Å². The molecule has 1 heterocycles. The van der Waals surface area contributed by atoms with Crippen LogP contribution in [0.4, 0.5) is 5.69 Å². The highest BCUT2D eigenvalue weighted by atomic mass is 35.5. The van der Waals surface area contributed by atoms with Crippen LogP contribution in [-0.2, 0) is 7.05 Å². The monoisotopic (exact) mass is 399 g/mol. The molecule has 0 aliphatic rings. The van der Waals surface area contributed by atoms with E-state index in [1.54, 1.807) is 21.5 Å². The standard InChI is InChI=1S/C19H18ClN5OS/c1-13-15(18(26)25(24(13)2)14-8-4-3-5-9-14)12-21-23-19(27)22-17-11-7-6-10-16(17)20/h3-12H,1-2H3,(H2,22,23,27)/b21-12+. The molecule has 2 aromatic carbocycles. The number of anilines is 1. The third-order valence-electron chi connectivity index (χ3n) is 4.08. The fourth-order valence-electron chi connectivity index (χ4n) is 2.61. The number of hydrogen-bond donors (Lipinski definition) is 2. The van der Waals surface area contributed by atoms with Crippen LogP contribution < -0.4 is 16.3 Å². The maximum atomic E-state index is 12.8. The zero-order valence-corrected chi connectivity index (χ0v) is 16.4. The van der Waals surface area contributed by atoms with Gasteiger partial charge in [-0.2, -0.15) is 5.10 Å². The first-order chi connectivity index (χ1) is 13.0. The van der Waals surface area contributed by atoms with E-state index in [0.717, 1.165) is 11.4 Å². The highest BCUT2D eigenvalue weighted by Crippen LogP contribution is 2.20. The third kappa shape index (κ3) is 4.10. The summed E-state index contributed by atoms with van der Waals surface area (Å²) in [6.45, 7) is 1.86. The molecule has 0 fully saturated rings. The van der Waals surface area contributed by atoms with Crippen molar-refractivity contribution in [2.24, 2.45) is 12.1 Å². The first-order valence-corrected chi connectivity index (χ1v) is 8.96. The van der Waals surface area contributed by atoms with Gasteiger partial charge in [0, 0.05) is 12.7 Å². The first kappa shape index (κ1) is 18.9. The Kier molecular flexibility index (Phi) is 5.73. The second kappa shape index (κ2) is 8.20. The molecule has 0 aliphatic carbocycles. The Morgan fingerprint density at radius 1 is 1.15 bits per heavy atom. The van der Waals surface area contributed by atoms with Gasteiger partial charge in [0.15, 0.2) is 5.11 Å². The first-order valence-electron chi connectivity index (χ1n) is 8.17. The molecule has 0 aliphatic heterocycles. The summed E-state index contributed by atoms with van der Waals surface area (Å²) >= 11 is 11.3. The Labute approximate surface area is 167 Å². The molecule has 0 spiro atoms. The molecule has 1 aromatic heterocycles. The number of para-hydroxylation sites is 2. The van der Waals surface area contributed by atoms with E-state index in [2.05, 4.69) is 15.8 Å². The minimum atomic E-state index is -0.156. The van der Waals surface area contributed by atoms with Crippen LogP contribution in [0.5, 0.6) is 0 Å². The second-order valence-corrected chi connectivity index (χ2v) is 6.59. The summed E-state index contributed by atoms with van der Waals surface area (Å²) in [4.78, 5) is 12.8. The molecule has 0 unspecified atom stereocenters. The third-order valence-corrected chi connectivity index (χ3v) is 4.60. The van der Waals surface area contributed by atoms with Crippen LogP contribution in [-0.4, -0.2) is 20.7 Å². The highest BCUT2D eigenvalue weighted by molar-refractivity contribution is 7.80. The smallest absolute Gasteiger partial charge is 0.280 e. The van der Waals surface area contributed by atoms with Gasteiger partial charge in [-0.3, -0.25) is 14.9 Å². The SMILES string of the molecule is Cc1c(/C=N/NC(=S)Nc2ccccc2Cl)c(=O)n(-c2ccccc2)n1C. The van der Waals surface area contributed by atoms with Crippen LogP contribution in [0.2, 0.25) is 5.02 Å². The van der Waals surface area contributed by atoms with E-state index >= 15 is 0 Å². The Morgan fingerprint density at radius 3 is 2.52 bits per heavy atom. The van der Waals surface area contributed by atoms with Gasteiger partial charge in [0.05, 0.1) is 28.2 Å². The summed E-state index contributed by atoms with van der Waals surface area (Å²) in [6, 6.07) is 16.7. The molecular weight excluding hydrogens is 382 g/mol. The fourth-order valence-corrected chi connectivity index (χ4v) is 2.95. The number of halogens is 1. The van der Waals surface area contributed by atoms with E-state index in [9.17, 15) is 4.79 Å². The van der Waals surface area contributed by atoms with Crippen LogP contribution >= 0.6 is 23.8 Å². The van der Waals surface area contributed by atoms with Gasteiger partial charge < -0.3 is 5.32 Å². The van der Waals surface area contributed by atoms with Crippen molar-refractivity contribution in [2.75, 3.05) is 5.32 Å². The number of nitrogens with one attached hydrogen (secondary N) is 2.